The van der Waals surface area contributed by atoms with Gasteiger partial charge in [0, 0.05) is 42.5 Å². The number of amides is 1. The number of carbonyl (C=O) groups is 1. The van der Waals surface area contributed by atoms with Gasteiger partial charge >= 0.3 is 0 Å². The van der Waals surface area contributed by atoms with E-state index in [1.54, 1.807) is 12.3 Å². The van der Waals surface area contributed by atoms with Crippen molar-refractivity contribution in [1.82, 2.24) is 25.2 Å². The number of hydrogen-bond acceptors (Lipinski definition) is 5. The Bertz CT molecular complexity index is 792. The second-order valence-electron chi connectivity index (χ2n) is 8.36. The summed E-state index contributed by atoms with van der Waals surface area (Å²) in [5.74, 6) is 0.715. The third-order valence-electron chi connectivity index (χ3n) is 5.22. The highest BCUT2D eigenvalue weighted by Crippen LogP contribution is 2.23. The summed E-state index contributed by atoms with van der Waals surface area (Å²) in [6, 6.07) is 1.69. The van der Waals surface area contributed by atoms with Crippen LogP contribution in [0.4, 0.5) is 0 Å². The van der Waals surface area contributed by atoms with Crippen LogP contribution >= 0.6 is 0 Å². The zero-order valence-corrected chi connectivity index (χ0v) is 17.1. The Morgan fingerprint density at radius 1 is 1.44 bits per heavy atom. The zero-order chi connectivity index (χ0) is 19.6. The number of carbonyl (C=O) groups excluding carboxylic acids is 1. The topological polar surface area (TPSA) is 76.2 Å². The average molecular weight is 374 g/mol. The largest absolute Gasteiger partial charge is 0.350 e. The van der Waals surface area contributed by atoms with E-state index in [0.717, 1.165) is 43.4 Å². The first-order valence-electron chi connectivity index (χ1n) is 9.83. The quantitative estimate of drug-likeness (QED) is 0.842. The van der Waals surface area contributed by atoms with Crippen LogP contribution in [0.3, 0.4) is 0 Å². The van der Waals surface area contributed by atoms with E-state index in [0.29, 0.717) is 5.69 Å². The third kappa shape index (κ3) is 4.58. The molecule has 0 spiro atoms. The Kier molecular flexibility index (Phi) is 5.69. The van der Waals surface area contributed by atoms with Crippen molar-refractivity contribution in [3.8, 4) is 11.3 Å². The summed E-state index contributed by atoms with van der Waals surface area (Å²) in [6.07, 6.45) is 4.28. The second kappa shape index (κ2) is 7.84. The normalized spacial score (nSPS) is 18.6. The van der Waals surface area contributed by atoms with Crippen LogP contribution in [-0.4, -0.2) is 50.9 Å². The molecule has 1 fully saturated rings. The van der Waals surface area contributed by atoms with Crippen LogP contribution in [0.2, 0.25) is 0 Å². The minimum atomic E-state index is -0.343. The summed E-state index contributed by atoms with van der Waals surface area (Å²) in [4.78, 5) is 15.1. The van der Waals surface area contributed by atoms with Gasteiger partial charge in [-0.15, -0.1) is 0 Å². The fourth-order valence-corrected chi connectivity index (χ4v) is 3.92. The Morgan fingerprint density at radius 2 is 2.22 bits per heavy atom. The van der Waals surface area contributed by atoms with E-state index >= 15 is 0 Å². The maximum Gasteiger partial charge on any atom is 0.290 e. The molecule has 0 bridgehead atoms. The number of likely N-dealkylation sites (tertiary alicyclic amines) is 1. The van der Waals surface area contributed by atoms with Crippen LogP contribution in [0.1, 0.15) is 56.8 Å². The van der Waals surface area contributed by atoms with Gasteiger partial charge in [0.15, 0.2) is 0 Å². The monoisotopic (exact) mass is 373 g/mol. The summed E-state index contributed by atoms with van der Waals surface area (Å²) < 4.78 is 7.21. The summed E-state index contributed by atoms with van der Waals surface area (Å²) in [5, 5.41) is 11.5. The average Bonchev–Trinajstić information content (AvgIpc) is 3.20. The minimum absolute atomic E-state index is 0.230. The SMILES string of the molecule is CCn1ncc(-c2cc(C(=O)NC(C)(C)CN3CCCC(C)C3)on2)c1C. The van der Waals surface area contributed by atoms with Crippen molar-refractivity contribution in [3.05, 3.63) is 23.7 Å². The summed E-state index contributed by atoms with van der Waals surface area (Å²) in [6.45, 7) is 14.2. The highest BCUT2D eigenvalue weighted by molar-refractivity contribution is 5.92. The predicted octanol–water partition coefficient (Wildman–Crippen LogP) is 3.11. The van der Waals surface area contributed by atoms with E-state index < -0.39 is 0 Å². The van der Waals surface area contributed by atoms with Crippen LogP contribution in [0, 0.1) is 12.8 Å². The molecule has 1 aliphatic rings. The lowest BCUT2D eigenvalue weighted by atomic mass is 9.97. The molecular weight excluding hydrogens is 342 g/mol. The van der Waals surface area contributed by atoms with Gasteiger partial charge in [0.2, 0.25) is 5.76 Å². The van der Waals surface area contributed by atoms with Gasteiger partial charge in [-0.3, -0.25) is 9.48 Å². The molecule has 2 aromatic heterocycles. The lowest BCUT2D eigenvalue weighted by molar-refractivity contribution is 0.0827. The lowest BCUT2D eigenvalue weighted by Crippen LogP contribution is -2.53. The summed E-state index contributed by atoms with van der Waals surface area (Å²) >= 11 is 0. The van der Waals surface area contributed by atoms with Gasteiger partial charge in [-0.05, 0) is 53.0 Å². The van der Waals surface area contributed by atoms with Crippen molar-refractivity contribution in [3.63, 3.8) is 0 Å². The van der Waals surface area contributed by atoms with Crippen molar-refractivity contribution in [2.24, 2.45) is 5.92 Å². The van der Waals surface area contributed by atoms with E-state index in [9.17, 15) is 4.79 Å². The fourth-order valence-electron chi connectivity index (χ4n) is 3.92. The van der Waals surface area contributed by atoms with Gasteiger partial charge in [-0.2, -0.15) is 5.10 Å². The molecule has 1 aliphatic heterocycles. The summed E-state index contributed by atoms with van der Waals surface area (Å²) in [5.41, 5.74) is 2.20. The maximum absolute atomic E-state index is 12.7. The minimum Gasteiger partial charge on any atom is -0.350 e. The number of nitrogens with one attached hydrogen (secondary N) is 1. The smallest absolute Gasteiger partial charge is 0.290 e. The van der Waals surface area contributed by atoms with Gasteiger partial charge < -0.3 is 14.7 Å². The molecule has 1 saturated heterocycles. The van der Waals surface area contributed by atoms with Crippen molar-refractivity contribution < 1.29 is 9.32 Å². The molecule has 148 valence electrons. The maximum atomic E-state index is 12.7. The molecule has 1 N–H and O–H groups in total. The van der Waals surface area contributed by atoms with E-state index in [4.69, 9.17) is 4.52 Å². The van der Waals surface area contributed by atoms with E-state index in [2.05, 4.69) is 41.2 Å². The third-order valence-corrected chi connectivity index (χ3v) is 5.22. The molecule has 0 saturated carbocycles. The highest BCUT2D eigenvalue weighted by Gasteiger charge is 2.28. The number of hydrogen-bond donors (Lipinski definition) is 1. The van der Waals surface area contributed by atoms with Crippen molar-refractivity contribution in [2.45, 2.75) is 59.5 Å². The molecule has 27 heavy (non-hydrogen) atoms. The Hall–Kier alpha value is -2.15. The van der Waals surface area contributed by atoms with E-state index in [-0.39, 0.29) is 17.2 Å². The molecule has 1 unspecified atom stereocenters. The number of piperidine rings is 1. The van der Waals surface area contributed by atoms with Crippen LogP contribution in [0.25, 0.3) is 11.3 Å². The van der Waals surface area contributed by atoms with Crippen LogP contribution in [0.15, 0.2) is 16.8 Å². The molecule has 0 aromatic carbocycles. The van der Waals surface area contributed by atoms with Gasteiger partial charge in [-0.25, -0.2) is 0 Å². The molecule has 1 atom stereocenters. The number of rotatable bonds is 6. The molecule has 7 heteroatoms. The van der Waals surface area contributed by atoms with Gasteiger partial charge in [0.25, 0.3) is 5.91 Å². The molecule has 0 aliphatic carbocycles. The van der Waals surface area contributed by atoms with E-state index in [1.165, 1.54) is 12.8 Å². The molecule has 0 radical (unpaired) electrons. The van der Waals surface area contributed by atoms with E-state index in [1.807, 2.05) is 18.5 Å². The predicted molar refractivity (Wildman–Crippen MR) is 105 cm³/mol. The summed E-state index contributed by atoms with van der Waals surface area (Å²) in [7, 11) is 0. The molecule has 7 nitrogen and oxygen atoms in total. The number of aryl methyl sites for hydroxylation is 1. The fraction of sp³-hybridized carbons (Fsp3) is 0.650. The standard InChI is InChI=1S/C20H31N5O2/c1-6-25-15(3)16(11-21-25)17-10-18(27-23-17)19(26)22-20(4,5)13-24-9-7-8-14(2)12-24/h10-11,14H,6-9,12-13H2,1-5H3,(H,22,26). The number of nitrogens with zero attached hydrogens (tertiary/aromatic N) is 4. The Morgan fingerprint density at radius 3 is 2.89 bits per heavy atom. The molecule has 3 rings (SSSR count). The van der Waals surface area contributed by atoms with Gasteiger partial charge in [0.05, 0.1) is 6.20 Å². The first kappa shape index (κ1) is 19.6. The lowest BCUT2D eigenvalue weighted by Gasteiger charge is -2.37. The van der Waals surface area contributed by atoms with Crippen LogP contribution < -0.4 is 5.32 Å². The molecule has 2 aromatic rings. The first-order valence-corrected chi connectivity index (χ1v) is 9.83. The molecule has 1 amide bonds. The van der Waals surface area contributed by atoms with Crippen LogP contribution in [0.5, 0.6) is 0 Å². The number of aromatic nitrogens is 3. The van der Waals surface area contributed by atoms with Gasteiger partial charge in [0.1, 0.15) is 5.69 Å². The van der Waals surface area contributed by atoms with Crippen molar-refractivity contribution in [1.29, 1.82) is 0 Å². The van der Waals surface area contributed by atoms with Gasteiger partial charge in [-0.1, -0.05) is 12.1 Å². The molecule has 3 heterocycles. The highest BCUT2D eigenvalue weighted by atomic mass is 16.5. The van der Waals surface area contributed by atoms with Crippen molar-refractivity contribution >= 4 is 5.91 Å². The second-order valence-corrected chi connectivity index (χ2v) is 8.36. The van der Waals surface area contributed by atoms with Crippen LogP contribution in [-0.2, 0) is 6.54 Å². The molecular formula is C20H31N5O2. The zero-order valence-electron chi connectivity index (χ0n) is 17.1. The Labute approximate surface area is 161 Å². The first-order chi connectivity index (χ1) is 12.8. The Balaban J connectivity index is 1.65. The van der Waals surface area contributed by atoms with Crippen molar-refractivity contribution in [2.75, 3.05) is 19.6 Å².